The molecular formula is C75H97N3O12. The van der Waals surface area contributed by atoms with Gasteiger partial charge < -0.3 is 34.5 Å². The summed E-state index contributed by atoms with van der Waals surface area (Å²) < 4.78 is 24.9. The van der Waals surface area contributed by atoms with Crippen LogP contribution in [0.5, 0.6) is 11.5 Å². The van der Waals surface area contributed by atoms with Gasteiger partial charge in [-0.15, -0.1) is 0 Å². The van der Waals surface area contributed by atoms with E-state index in [0.717, 1.165) is 59.1 Å². The molecular weight excluding hydrogens is 1130 g/mol. The summed E-state index contributed by atoms with van der Waals surface area (Å²) in [6.45, 7) is 16.3. The molecule has 0 saturated carbocycles. The van der Waals surface area contributed by atoms with Gasteiger partial charge in [-0.05, 0) is 135 Å². The predicted molar refractivity (Wildman–Crippen MR) is 349 cm³/mol. The highest BCUT2D eigenvalue weighted by molar-refractivity contribution is 6.40. The van der Waals surface area contributed by atoms with Crippen molar-refractivity contribution in [1.82, 2.24) is 15.5 Å². The lowest BCUT2D eigenvalue weighted by Crippen LogP contribution is -2.53. The van der Waals surface area contributed by atoms with Crippen molar-refractivity contribution < 1.29 is 57.3 Å². The van der Waals surface area contributed by atoms with Gasteiger partial charge in [-0.2, -0.15) is 0 Å². The summed E-state index contributed by atoms with van der Waals surface area (Å²) in [5, 5.41) is 5.94. The van der Waals surface area contributed by atoms with Gasteiger partial charge in [0.15, 0.2) is 0 Å². The molecule has 5 aromatic carbocycles. The highest BCUT2D eigenvalue weighted by atomic mass is 16.6. The highest BCUT2D eigenvalue weighted by Gasteiger charge is 2.42. The summed E-state index contributed by atoms with van der Waals surface area (Å²) in [7, 11) is 0. The van der Waals surface area contributed by atoms with E-state index in [2.05, 4.69) is 17.6 Å². The second-order valence-electron chi connectivity index (χ2n) is 25.2. The zero-order valence-corrected chi connectivity index (χ0v) is 54.5. The minimum Gasteiger partial charge on any atom is -0.494 e. The Morgan fingerprint density at radius 2 is 1.03 bits per heavy atom. The van der Waals surface area contributed by atoms with Crippen LogP contribution in [0, 0.1) is 22.7 Å². The Morgan fingerprint density at radius 3 is 1.52 bits per heavy atom. The molecule has 3 amide bonds. The van der Waals surface area contributed by atoms with Crippen LogP contribution in [0.2, 0.25) is 0 Å². The maximum atomic E-state index is 14.2. The van der Waals surface area contributed by atoms with Gasteiger partial charge in [-0.1, -0.05) is 184 Å². The smallest absolute Gasteiger partial charge is 0.329 e. The van der Waals surface area contributed by atoms with E-state index < -0.39 is 76.1 Å². The van der Waals surface area contributed by atoms with Gasteiger partial charge in [0.05, 0.1) is 32.0 Å². The number of ketones is 3. The lowest BCUT2D eigenvalue weighted by Gasteiger charge is -2.36. The lowest BCUT2D eigenvalue weighted by molar-refractivity contribution is -0.164. The Morgan fingerprint density at radius 1 is 0.544 bits per heavy atom. The monoisotopic (exact) mass is 1230 g/mol. The van der Waals surface area contributed by atoms with Crippen LogP contribution >= 0.6 is 0 Å². The molecule has 6 rings (SSSR count). The van der Waals surface area contributed by atoms with Crippen molar-refractivity contribution in [2.45, 2.75) is 183 Å². The van der Waals surface area contributed by atoms with Crippen molar-refractivity contribution in [1.29, 1.82) is 0 Å². The second-order valence-corrected chi connectivity index (χ2v) is 25.2. The summed E-state index contributed by atoms with van der Waals surface area (Å²) in [5.74, 6) is -3.83. The first-order valence-electron chi connectivity index (χ1n) is 32.7. The minimum absolute atomic E-state index is 0.143. The molecule has 15 nitrogen and oxygen atoms in total. The number of unbranched alkanes of at least 4 members (excludes halogenated alkanes) is 2. The topological polar surface area (TPSA) is 201 Å². The van der Waals surface area contributed by atoms with Gasteiger partial charge in [0.25, 0.3) is 5.91 Å². The first-order valence-corrected chi connectivity index (χ1v) is 32.7. The summed E-state index contributed by atoms with van der Waals surface area (Å²) in [4.78, 5) is 109. The van der Waals surface area contributed by atoms with Crippen LogP contribution in [0.3, 0.4) is 0 Å². The number of esters is 2. The second kappa shape index (κ2) is 36.0. The number of piperidine rings is 1. The van der Waals surface area contributed by atoms with Gasteiger partial charge in [0, 0.05) is 36.4 Å². The average molecular weight is 1230 g/mol. The first-order chi connectivity index (χ1) is 43.2. The maximum absolute atomic E-state index is 14.2. The van der Waals surface area contributed by atoms with Gasteiger partial charge in [-0.25, -0.2) is 4.79 Å². The largest absolute Gasteiger partial charge is 0.494 e. The molecule has 1 aliphatic rings. The molecule has 0 aromatic heterocycles. The number of carbonyl (C=O) groups is 8. The van der Waals surface area contributed by atoms with Crippen LogP contribution in [-0.2, 0) is 73.5 Å². The lowest BCUT2D eigenvalue weighted by atomic mass is 9.76. The fourth-order valence-electron chi connectivity index (χ4n) is 10.8. The third-order valence-electron chi connectivity index (χ3n) is 17.5. The Bertz CT molecular complexity index is 3120. The number of amides is 3. The van der Waals surface area contributed by atoms with Crippen molar-refractivity contribution in [3.63, 3.8) is 0 Å². The van der Waals surface area contributed by atoms with Crippen molar-refractivity contribution in [2.75, 3.05) is 32.8 Å². The number of likely N-dealkylation sites (tertiary alicyclic amines) is 1. The fraction of sp³-hybridized carbons (Fsp3) is 0.493. The van der Waals surface area contributed by atoms with Crippen molar-refractivity contribution >= 4 is 47.0 Å². The first kappa shape index (κ1) is 71.1. The van der Waals surface area contributed by atoms with E-state index >= 15 is 0 Å². The van der Waals surface area contributed by atoms with Crippen LogP contribution in [-0.4, -0.2) is 90.8 Å². The number of benzene rings is 5. The van der Waals surface area contributed by atoms with E-state index in [1.807, 2.05) is 147 Å². The van der Waals surface area contributed by atoms with Gasteiger partial charge in [0.1, 0.15) is 29.7 Å². The molecule has 5 aromatic rings. The molecule has 90 heavy (non-hydrogen) atoms. The molecule has 15 heteroatoms. The number of aryl methyl sites for hydroxylation is 2. The normalized spacial score (nSPS) is 14.7. The highest BCUT2D eigenvalue weighted by Crippen LogP contribution is 2.34. The van der Waals surface area contributed by atoms with Crippen LogP contribution < -0.4 is 20.1 Å². The number of nitrogens with zero attached hydrogens (tertiary/aromatic N) is 1. The molecule has 2 N–H and O–H groups in total. The molecule has 484 valence electrons. The molecule has 5 atom stereocenters. The maximum Gasteiger partial charge on any atom is 0.329 e. The van der Waals surface area contributed by atoms with E-state index in [-0.39, 0.29) is 24.7 Å². The molecule has 1 aliphatic heterocycles. The summed E-state index contributed by atoms with van der Waals surface area (Å²) in [5.41, 5.74) is 3.64. The number of hydrogen-bond donors (Lipinski definition) is 2. The van der Waals surface area contributed by atoms with E-state index in [4.69, 9.17) is 18.9 Å². The summed E-state index contributed by atoms with van der Waals surface area (Å²) >= 11 is 0. The van der Waals surface area contributed by atoms with Gasteiger partial charge in [-0.3, -0.25) is 33.6 Å². The van der Waals surface area contributed by atoms with E-state index in [9.17, 15) is 38.4 Å². The number of Topliss-reactive ketones (excluding diaryl/α,β-unsaturated/α-hetero) is 3. The molecule has 1 saturated heterocycles. The molecule has 1 heterocycles. The molecule has 0 radical (unpaired) electrons. The van der Waals surface area contributed by atoms with Crippen molar-refractivity contribution in [2.24, 2.45) is 22.7 Å². The Hall–Kier alpha value is -7.94. The number of hydrogen-bond acceptors (Lipinski definition) is 12. The average Bonchev–Trinajstić information content (AvgIpc) is 2.15. The third kappa shape index (κ3) is 22.2. The molecule has 0 spiro atoms. The fourth-order valence-corrected chi connectivity index (χ4v) is 10.8. The van der Waals surface area contributed by atoms with Gasteiger partial charge in [0.2, 0.25) is 29.2 Å². The van der Waals surface area contributed by atoms with Crippen molar-refractivity contribution in [3.05, 3.63) is 167 Å². The van der Waals surface area contributed by atoms with E-state index in [1.54, 1.807) is 34.6 Å². The number of rotatable bonds is 38. The number of carbonyl (C=O) groups excluding carboxylic acids is 8. The van der Waals surface area contributed by atoms with Crippen LogP contribution in [0.15, 0.2) is 133 Å². The Balaban J connectivity index is 0.933. The standard InChI is InChI=1S/C75H97N3O12/c1-9-12-15-34-62(53(4)68(81)69(82)74(5,6)10-2)72(85)89-64(42-40-54-26-16-13-17-27-54)58-30-22-32-60(51-58)87-47-24-44-76-66(79)49-56-36-38-57(39-37-56)50-67(80)77-45-25-48-88-61-33-23-31-59(52-61)65(43-41-55-28-18-14-19-29-55)90-73(86)63-35-20-21-46-78(63)71(84)70(83)75(7,8)11-3/h13-14,16-19,22-23,26-33,36-39,51-53,62-65H,9-12,15,20-21,24-25,34-35,40-50H2,1-8H3,(H,76,79)(H,77,80)/t53?,62?,63-,64?,65+/m0/s1. The third-order valence-corrected chi connectivity index (χ3v) is 17.5. The van der Waals surface area contributed by atoms with E-state index in [0.29, 0.717) is 115 Å². The molecule has 0 bridgehead atoms. The summed E-state index contributed by atoms with van der Waals surface area (Å²) in [6, 6.07) is 41.4. The van der Waals surface area contributed by atoms with Crippen LogP contribution in [0.1, 0.15) is 184 Å². The van der Waals surface area contributed by atoms with Crippen molar-refractivity contribution in [3.8, 4) is 11.5 Å². The van der Waals surface area contributed by atoms with Crippen LogP contribution in [0.4, 0.5) is 0 Å². The predicted octanol–water partition coefficient (Wildman–Crippen LogP) is 13.2. The Kier molecular flexibility index (Phi) is 28.5. The van der Waals surface area contributed by atoms with E-state index in [1.165, 1.54) is 4.90 Å². The quantitative estimate of drug-likeness (QED) is 0.0215. The van der Waals surface area contributed by atoms with Gasteiger partial charge >= 0.3 is 11.9 Å². The SMILES string of the molecule is CCCCCC(C(=O)OC(CCc1ccccc1)c1cccc(OCCCNC(=O)Cc2ccc(CC(=O)NCCCOc3cccc([C@@H](CCc4ccccc4)OC(=O)[C@@H]4CCCCN4C(=O)C(=O)C(C)(C)CC)c3)cc2)c1)C(C)C(=O)C(=O)C(C)(C)CC. The number of nitrogens with one attached hydrogen (secondary N) is 2. The zero-order chi connectivity index (χ0) is 65.1. The number of ether oxygens (including phenoxy) is 4. The molecule has 1 fully saturated rings. The minimum atomic E-state index is -0.851. The summed E-state index contributed by atoms with van der Waals surface area (Å²) in [6.07, 6.45) is 8.29. The zero-order valence-electron chi connectivity index (χ0n) is 54.5. The van der Waals surface area contributed by atoms with Crippen LogP contribution in [0.25, 0.3) is 0 Å². The Labute approximate surface area is 534 Å². The molecule has 3 unspecified atom stereocenters. The molecule has 0 aliphatic carbocycles.